The summed E-state index contributed by atoms with van der Waals surface area (Å²) >= 11 is 7.70. The molecule has 1 amide bonds. The molecule has 1 atom stereocenters. The van der Waals surface area contributed by atoms with Crippen LogP contribution in [0.2, 0.25) is 5.02 Å². The van der Waals surface area contributed by atoms with E-state index in [9.17, 15) is 13.2 Å². The number of thiophene rings is 1. The number of benzene rings is 1. The minimum absolute atomic E-state index is 0.0396. The highest BCUT2D eigenvalue weighted by Gasteiger charge is 2.23. The molecule has 1 unspecified atom stereocenters. The van der Waals surface area contributed by atoms with Crippen LogP contribution in [0.1, 0.15) is 17.4 Å². The zero-order chi connectivity index (χ0) is 20.4. The molecule has 1 heterocycles. The number of rotatable bonds is 7. The highest BCUT2D eigenvalue weighted by Crippen LogP contribution is 2.27. The Morgan fingerprint density at radius 1 is 1.26 bits per heavy atom. The molecule has 0 saturated heterocycles. The van der Waals surface area contributed by atoms with Crippen molar-refractivity contribution in [1.29, 1.82) is 0 Å². The normalized spacial score (nSPS) is 13.2. The van der Waals surface area contributed by atoms with E-state index in [1.54, 1.807) is 17.4 Å². The van der Waals surface area contributed by atoms with Crippen molar-refractivity contribution in [3.05, 3.63) is 45.1 Å². The molecule has 0 saturated carbocycles. The number of aryl methyl sites for hydroxylation is 1. The topological polar surface area (TPSA) is 69.7 Å². The number of nitrogens with one attached hydrogen (secondary N) is 1. The number of hydrogen-bond acceptors (Lipinski definition) is 5. The maximum atomic E-state index is 12.6. The molecule has 27 heavy (non-hydrogen) atoms. The smallest absolute Gasteiger partial charge is 0.244 e. The van der Waals surface area contributed by atoms with Gasteiger partial charge in [0.15, 0.2) is 0 Å². The predicted octanol–water partition coefficient (Wildman–Crippen LogP) is 3.42. The maximum Gasteiger partial charge on any atom is 0.244 e. The summed E-state index contributed by atoms with van der Waals surface area (Å²) in [6, 6.07) is 6.10. The molecule has 0 radical (unpaired) electrons. The van der Waals surface area contributed by atoms with Gasteiger partial charge >= 0.3 is 0 Å². The predicted molar refractivity (Wildman–Crippen MR) is 111 cm³/mol. The van der Waals surface area contributed by atoms with E-state index >= 15 is 0 Å². The second-order valence-corrected chi connectivity index (χ2v) is 10.1. The van der Waals surface area contributed by atoms with E-state index in [2.05, 4.69) is 11.4 Å². The largest absolute Gasteiger partial charge is 0.325 e. The average Bonchev–Trinajstić information content (AvgIpc) is 3.00. The van der Waals surface area contributed by atoms with Crippen LogP contribution < -0.4 is 5.32 Å². The first-order valence-corrected chi connectivity index (χ1v) is 11.0. The minimum atomic E-state index is -3.70. The summed E-state index contributed by atoms with van der Waals surface area (Å²) in [7, 11) is 1.04. The number of amides is 1. The summed E-state index contributed by atoms with van der Waals surface area (Å²) in [4.78, 5) is 15.7. The Labute approximate surface area is 169 Å². The Kier molecular flexibility index (Phi) is 7.04. The van der Waals surface area contributed by atoms with Gasteiger partial charge < -0.3 is 5.32 Å². The molecule has 1 aromatic carbocycles. The van der Waals surface area contributed by atoms with E-state index in [0.29, 0.717) is 12.2 Å². The molecule has 1 aromatic heterocycles. The van der Waals surface area contributed by atoms with Crippen LogP contribution in [-0.2, 0) is 21.4 Å². The molecule has 0 aliphatic rings. The Morgan fingerprint density at radius 3 is 2.48 bits per heavy atom. The number of carbonyl (C=O) groups is 1. The third kappa shape index (κ3) is 5.08. The van der Waals surface area contributed by atoms with Gasteiger partial charge in [0.1, 0.15) is 4.90 Å². The SMILES string of the molecule is Cc1ccsc1CN(C)C(C)C(=O)Nc1ccc(Cl)c(S(=O)(=O)N(C)C)c1. The molecule has 0 aliphatic carbocycles. The van der Waals surface area contributed by atoms with Gasteiger partial charge in [-0.2, -0.15) is 0 Å². The average molecular weight is 430 g/mol. The molecule has 0 bridgehead atoms. The van der Waals surface area contributed by atoms with Gasteiger partial charge in [-0.1, -0.05) is 11.6 Å². The van der Waals surface area contributed by atoms with Gasteiger partial charge in [0, 0.05) is 31.2 Å². The Bertz CT molecular complexity index is 926. The van der Waals surface area contributed by atoms with Crippen LogP contribution in [0.3, 0.4) is 0 Å². The van der Waals surface area contributed by atoms with Gasteiger partial charge in [-0.05, 0) is 56.1 Å². The Morgan fingerprint density at radius 2 is 1.93 bits per heavy atom. The standard InChI is InChI=1S/C18H24ClN3O3S2/c1-12-8-9-26-16(12)11-22(5)13(2)18(23)20-14-6-7-15(19)17(10-14)27(24,25)21(3)4/h6-10,13H,11H2,1-5H3,(H,20,23). The van der Waals surface area contributed by atoms with E-state index in [-0.39, 0.29) is 15.8 Å². The molecular formula is C18H24ClN3O3S2. The van der Waals surface area contributed by atoms with E-state index in [1.165, 1.54) is 36.7 Å². The van der Waals surface area contributed by atoms with Crippen molar-refractivity contribution < 1.29 is 13.2 Å². The van der Waals surface area contributed by atoms with E-state index in [0.717, 1.165) is 4.31 Å². The quantitative estimate of drug-likeness (QED) is 0.732. The van der Waals surface area contributed by atoms with Crippen LogP contribution in [0.4, 0.5) is 5.69 Å². The fourth-order valence-corrected chi connectivity index (χ4v) is 4.71. The van der Waals surface area contributed by atoms with Crippen LogP contribution >= 0.6 is 22.9 Å². The second kappa shape index (κ2) is 8.70. The highest BCUT2D eigenvalue weighted by atomic mass is 35.5. The molecule has 1 N–H and O–H groups in total. The summed E-state index contributed by atoms with van der Waals surface area (Å²) in [5, 5.41) is 4.92. The zero-order valence-corrected chi connectivity index (χ0v) is 18.4. The first-order valence-electron chi connectivity index (χ1n) is 8.30. The van der Waals surface area contributed by atoms with E-state index < -0.39 is 16.1 Å². The third-order valence-corrected chi connectivity index (χ3v) is 7.66. The molecule has 0 aliphatic heterocycles. The first kappa shape index (κ1) is 21.8. The number of halogens is 1. The van der Waals surface area contributed by atoms with Crippen molar-refractivity contribution in [1.82, 2.24) is 9.21 Å². The summed E-state index contributed by atoms with van der Waals surface area (Å²) < 4.78 is 25.8. The summed E-state index contributed by atoms with van der Waals surface area (Å²) in [5.74, 6) is -0.220. The van der Waals surface area contributed by atoms with Gasteiger partial charge in [0.2, 0.25) is 15.9 Å². The van der Waals surface area contributed by atoms with Crippen molar-refractivity contribution in [2.75, 3.05) is 26.5 Å². The fourth-order valence-electron chi connectivity index (χ4n) is 2.35. The lowest BCUT2D eigenvalue weighted by atomic mass is 10.2. The number of likely N-dealkylation sites (N-methyl/N-ethyl adjacent to an activating group) is 1. The monoisotopic (exact) mass is 429 g/mol. The molecular weight excluding hydrogens is 406 g/mol. The number of carbonyl (C=O) groups excluding carboxylic acids is 1. The lowest BCUT2D eigenvalue weighted by molar-refractivity contribution is -0.120. The van der Waals surface area contributed by atoms with Crippen LogP contribution in [0.25, 0.3) is 0 Å². The van der Waals surface area contributed by atoms with Crippen LogP contribution in [0.15, 0.2) is 34.5 Å². The van der Waals surface area contributed by atoms with Crippen molar-refractivity contribution in [3.8, 4) is 0 Å². The Balaban J connectivity index is 2.14. The number of sulfonamides is 1. The molecule has 2 rings (SSSR count). The second-order valence-electron chi connectivity index (χ2n) is 6.54. The lowest BCUT2D eigenvalue weighted by Gasteiger charge is -2.24. The fraction of sp³-hybridized carbons (Fsp3) is 0.389. The summed E-state index contributed by atoms with van der Waals surface area (Å²) in [5.41, 5.74) is 1.59. The maximum absolute atomic E-state index is 12.6. The first-order chi connectivity index (χ1) is 12.5. The van der Waals surface area contributed by atoms with Crippen LogP contribution in [-0.4, -0.2) is 50.7 Å². The zero-order valence-electron chi connectivity index (χ0n) is 16.0. The summed E-state index contributed by atoms with van der Waals surface area (Å²) in [6.07, 6.45) is 0. The molecule has 0 spiro atoms. The lowest BCUT2D eigenvalue weighted by Crippen LogP contribution is -2.39. The number of anilines is 1. The summed E-state index contributed by atoms with van der Waals surface area (Å²) in [6.45, 7) is 4.52. The van der Waals surface area contributed by atoms with Gasteiger partial charge in [0.05, 0.1) is 11.1 Å². The third-order valence-electron chi connectivity index (χ3n) is 4.36. The molecule has 9 heteroatoms. The van der Waals surface area contributed by atoms with E-state index in [1.807, 2.05) is 31.2 Å². The van der Waals surface area contributed by atoms with Crippen LogP contribution in [0.5, 0.6) is 0 Å². The van der Waals surface area contributed by atoms with Crippen molar-refractivity contribution in [3.63, 3.8) is 0 Å². The van der Waals surface area contributed by atoms with Gasteiger partial charge in [0.25, 0.3) is 0 Å². The minimum Gasteiger partial charge on any atom is -0.325 e. The van der Waals surface area contributed by atoms with Crippen molar-refractivity contribution in [2.24, 2.45) is 0 Å². The van der Waals surface area contributed by atoms with Crippen molar-refractivity contribution >= 4 is 44.6 Å². The van der Waals surface area contributed by atoms with E-state index in [4.69, 9.17) is 11.6 Å². The molecule has 0 fully saturated rings. The molecule has 2 aromatic rings. The van der Waals surface area contributed by atoms with Crippen LogP contribution in [0, 0.1) is 6.92 Å². The van der Waals surface area contributed by atoms with Gasteiger partial charge in [-0.3, -0.25) is 9.69 Å². The molecule has 6 nitrogen and oxygen atoms in total. The number of hydrogen-bond donors (Lipinski definition) is 1. The van der Waals surface area contributed by atoms with Gasteiger partial charge in [-0.25, -0.2) is 12.7 Å². The van der Waals surface area contributed by atoms with Gasteiger partial charge in [-0.15, -0.1) is 11.3 Å². The Hall–Kier alpha value is -1.45. The molecule has 148 valence electrons. The van der Waals surface area contributed by atoms with Crippen molar-refractivity contribution in [2.45, 2.75) is 31.3 Å². The number of nitrogens with zero attached hydrogens (tertiary/aromatic N) is 2. The highest BCUT2D eigenvalue weighted by molar-refractivity contribution is 7.89.